The topological polar surface area (TPSA) is 60.4 Å². The summed E-state index contributed by atoms with van der Waals surface area (Å²) in [4.78, 5) is 15.1. The molecule has 0 spiro atoms. The lowest BCUT2D eigenvalue weighted by atomic mass is 10.0. The van der Waals surface area contributed by atoms with Gasteiger partial charge >= 0.3 is 5.69 Å². The van der Waals surface area contributed by atoms with E-state index in [1.807, 2.05) is 42.5 Å². The van der Waals surface area contributed by atoms with E-state index in [2.05, 4.69) is 17.1 Å². The zero-order valence-corrected chi connectivity index (χ0v) is 12.7. The van der Waals surface area contributed by atoms with Gasteiger partial charge in [0.05, 0.1) is 10.6 Å². The summed E-state index contributed by atoms with van der Waals surface area (Å²) >= 11 is 0. The van der Waals surface area contributed by atoms with Gasteiger partial charge < -0.3 is 4.40 Å². The zero-order chi connectivity index (χ0) is 16.5. The predicted molar refractivity (Wildman–Crippen MR) is 92.7 cm³/mol. The van der Waals surface area contributed by atoms with Crippen LogP contribution in [0.4, 0.5) is 5.69 Å². The quantitative estimate of drug-likeness (QED) is 0.411. The molecular formula is C19H13N3O2. The number of imidazole rings is 1. The summed E-state index contributed by atoms with van der Waals surface area (Å²) in [5.74, 6) is 0. The van der Waals surface area contributed by atoms with Crippen molar-refractivity contribution in [3.8, 4) is 22.4 Å². The molecule has 5 nitrogen and oxygen atoms in total. The van der Waals surface area contributed by atoms with Crippen molar-refractivity contribution in [3.05, 3.63) is 89.2 Å². The fourth-order valence-corrected chi connectivity index (χ4v) is 2.74. The van der Waals surface area contributed by atoms with E-state index in [-0.39, 0.29) is 5.69 Å². The second-order valence-corrected chi connectivity index (χ2v) is 5.45. The molecule has 2 heterocycles. The fourth-order valence-electron chi connectivity index (χ4n) is 2.74. The first-order chi connectivity index (χ1) is 11.7. The molecule has 0 unspecified atom stereocenters. The van der Waals surface area contributed by atoms with E-state index in [1.54, 1.807) is 22.9 Å². The molecule has 0 atom stereocenters. The van der Waals surface area contributed by atoms with Crippen LogP contribution in [0.5, 0.6) is 0 Å². The smallest absolute Gasteiger partial charge is 0.301 e. The summed E-state index contributed by atoms with van der Waals surface area (Å²) in [6.07, 6.45) is 3.57. The monoisotopic (exact) mass is 315 g/mol. The number of aromatic nitrogens is 2. The largest absolute Gasteiger partial charge is 0.312 e. The van der Waals surface area contributed by atoms with Gasteiger partial charge in [0.1, 0.15) is 0 Å². The lowest BCUT2D eigenvalue weighted by Crippen LogP contribution is -1.92. The van der Waals surface area contributed by atoms with Gasteiger partial charge in [0, 0.05) is 24.0 Å². The number of pyridine rings is 1. The van der Waals surface area contributed by atoms with Gasteiger partial charge in [-0.05, 0) is 17.2 Å². The average molecular weight is 315 g/mol. The van der Waals surface area contributed by atoms with Gasteiger partial charge in [-0.15, -0.1) is 0 Å². The first-order valence-corrected chi connectivity index (χ1v) is 7.50. The third kappa shape index (κ3) is 2.42. The maximum Gasteiger partial charge on any atom is 0.312 e. The molecule has 5 heteroatoms. The molecule has 2 aromatic carbocycles. The van der Waals surface area contributed by atoms with Crippen LogP contribution in [0.15, 0.2) is 79.1 Å². The Kier molecular flexibility index (Phi) is 3.31. The molecule has 24 heavy (non-hydrogen) atoms. The van der Waals surface area contributed by atoms with Gasteiger partial charge in [-0.25, -0.2) is 4.98 Å². The van der Waals surface area contributed by atoms with Crippen LogP contribution in [0.2, 0.25) is 0 Å². The Morgan fingerprint density at radius 3 is 2.21 bits per heavy atom. The molecule has 0 saturated heterocycles. The zero-order valence-electron chi connectivity index (χ0n) is 12.7. The normalized spacial score (nSPS) is 10.8. The average Bonchev–Trinajstić information content (AvgIpc) is 3.06. The molecule has 0 aliphatic rings. The Morgan fingerprint density at radius 1 is 0.833 bits per heavy atom. The van der Waals surface area contributed by atoms with Crippen LogP contribution >= 0.6 is 0 Å². The van der Waals surface area contributed by atoms with Crippen molar-refractivity contribution >= 4 is 11.3 Å². The Balaban J connectivity index is 1.75. The molecule has 0 saturated carbocycles. The highest BCUT2D eigenvalue weighted by Crippen LogP contribution is 2.26. The van der Waals surface area contributed by atoms with Crippen LogP contribution in [0, 0.1) is 10.1 Å². The van der Waals surface area contributed by atoms with E-state index in [0.717, 1.165) is 16.7 Å². The van der Waals surface area contributed by atoms with Crippen molar-refractivity contribution < 1.29 is 4.92 Å². The minimum Gasteiger partial charge on any atom is -0.301 e. The van der Waals surface area contributed by atoms with E-state index in [0.29, 0.717) is 11.3 Å². The third-order valence-electron chi connectivity index (χ3n) is 3.95. The Labute approximate surface area is 138 Å². The van der Waals surface area contributed by atoms with Crippen LogP contribution in [0.3, 0.4) is 0 Å². The van der Waals surface area contributed by atoms with Gasteiger partial charge in [0.25, 0.3) is 0 Å². The lowest BCUT2D eigenvalue weighted by Gasteiger charge is -2.02. The molecule has 0 fully saturated rings. The summed E-state index contributed by atoms with van der Waals surface area (Å²) in [7, 11) is 0. The van der Waals surface area contributed by atoms with Crippen molar-refractivity contribution in [1.29, 1.82) is 0 Å². The van der Waals surface area contributed by atoms with Gasteiger partial charge in [-0.3, -0.25) is 10.1 Å². The first kappa shape index (κ1) is 14.1. The molecule has 0 radical (unpaired) electrons. The maximum atomic E-state index is 11.1. The molecule has 0 aliphatic heterocycles. The van der Waals surface area contributed by atoms with Gasteiger partial charge in [0.2, 0.25) is 5.65 Å². The number of benzene rings is 2. The highest BCUT2D eigenvalue weighted by molar-refractivity contribution is 5.71. The molecule has 0 bridgehead atoms. The predicted octanol–water partition coefficient (Wildman–Crippen LogP) is 4.58. The third-order valence-corrected chi connectivity index (χ3v) is 3.95. The molecule has 0 amide bonds. The standard InChI is InChI=1S/C19H13N3O2/c23-22(24)18-7-4-12-21-13-17(20-19(18)21)16-10-8-15(9-11-16)14-5-2-1-3-6-14/h1-13H. The minimum atomic E-state index is -0.412. The summed E-state index contributed by atoms with van der Waals surface area (Å²) < 4.78 is 1.68. The molecule has 4 aromatic rings. The summed E-state index contributed by atoms with van der Waals surface area (Å²) in [5, 5.41) is 11.1. The van der Waals surface area contributed by atoms with Gasteiger partial charge in [0.15, 0.2) is 0 Å². The molecule has 0 N–H and O–H groups in total. The number of rotatable bonds is 3. The first-order valence-electron chi connectivity index (χ1n) is 7.50. The maximum absolute atomic E-state index is 11.1. The summed E-state index contributed by atoms with van der Waals surface area (Å²) in [6.45, 7) is 0. The number of nitro groups is 1. The highest BCUT2D eigenvalue weighted by atomic mass is 16.6. The lowest BCUT2D eigenvalue weighted by molar-refractivity contribution is -0.383. The van der Waals surface area contributed by atoms with E-state index in [9.17, 15) is 10.1 Å². The van der Waals surface area contributed by atoms with Crippen molar-refractivity contribution in [2.24, 2.45) is 0 Å². The van der Waals surface area contributed by atoms with Crippen LogP contribution in [-0.4, -0.2) is 14.3 Å². The molecular weight excluding hydrogens is 302 g/mol. The summed E-state index contributed by atoms with van der Waals surface area (Å²) in [5.41, 5.74) is 4.26. The highest BCUT2D eigenvalue weighted by Gasteiger charge is 2.15. The van der Waals surface area contributed by atoms with E-state index in [1.165, 1.54) is 6.07 Å². The van der Waals surface area contributed by atoms with E-state index < -0.39 is 4.92 Å². The van der Waals surface area contributed by atoms with E-state index in [4.69, 9.17) is 0 Å². The van der Waals surface area contributed by atoms with Gasteiger partial charge in [-0.2, -0.15) is 0 Å². The Hall–Kier alpha value is -3.47. The number of nitrogens with zero attached hydrogens (tertiary/aromatic N) is 3. The van der Waals surface area contributed by atoms with Crippen molar-refractivity contribution in [3.63, 3.8) is 0 Å². The number of hydrogen-bond donors (Lipinski definition) is 0. The van der Waals surface area contributed by atoms with Gasteiger partial charge in [-0.1, -0.05) is 54.6 Å². The Morgan fingerprint density at radius 2 is 1.50 bits per heavy atom. The molecule has 2 aromatic heterocycles. The second kappa shape index (κ2) is 5.62. The molecule has 116 valence electrons. The Bertz CT molecular complexity index is 1020. The van der Waals surface area contributed by atoms with Crippen LogP contribution in [-0.2, 0) is 0 Å². The number of fused-ring (bicyclic) bond motifs is 1. The van der Waals surface area contributed by atoms with Crippen molar-refractivity contribution in [2.75, 3.05) is 0 Å². The molecule has 4 rings (SSSR count). The molecule has 0 aliphatic carbocycles. The van der Waals surface area contributed by atoms with Crippen molar-refractivity contribution in [1.82, 2.24) is 9.38 Å². The van der Waals surface area contributed by atoms with Crippen LogP contribution < -0.4 is 0 Å². The van der Waals surface area contributed by atoms with Crippen LogP contribution in [0.25, 0.3) is 28.0 Å². The van der Waals surface area contributed by atoms with Crippen molar-refractivity contribution in [2.45, 2.75) is 0 Å². The fraction of sp³-hybridized carbons (Fsp3) is 0. The second-order valence-electron chi connectivity index (χ2n) is 5.45. The van der Waals surface area contributed by atoms with Crippen LogP contribution in [0.1, 0.15) is 0 Å². The summed E-state index contributed by atoms with van der Waals surface area (Å²) in [6, 6.07) is 21.3. The SMILES string of the molecule is O=[N+]([O-])c1cccn2cc(-c3ccc(-c4ccccc4)cc3)nc12. The number of hydrogen-bond acceptors (Lipinski definition) is 3. The van der Waals surface area contributed by atoms with E-state index >= 15 is 0 Å². The minimum absolute atomic E-state index is 0.00431.